The van der Waals surface area contributed by atoms with Gasteiger partial charge in [-0.15, -0.1) is 0 Å². The predicted molar refractivity (Wildman–Crippen MR) is 46.4 cm³/mol. The molecule has 64 valence electrons. The van der Waals surface area contributed by atoms with Crippen LogP contribution in [0.15, 0.2) is 12.3 Å². The molecule has 0 bridgehead atoms. The molecule has 1 aliphatic heterocycles. The molecule has 2 heteroatoms. The van der Waals surface area contributed by atoms with Gasteiger partial charge in [-0.1, -0.05) is 13.0 Å². The van der Waals surface area contributed by atoms with E-state index in [1.165, 1.54) is 6.42 Å². The fourth-order valence-corrected chi connectivity index (χ4v) is 1.24. The zero-order valence-electron chi connectivity index (χ0n) is 7.42. The first-order valence-corrected chi connectivity index (χ1v) is 4.31. The summed E-state index contributed by atoms with van der Waals surface area (Å²) in [6.45, 7) is 3.97. The van der Waals surface area contributed by atoms with Crippen molar-refractivity contribution >= 4 is 0 Å². The lowest BCUT2D eigenvalue weighted by Gasteiger charge is -2.20. The van der Waals surface area contributed by atoms with E-state index in [0.717, 1.165) is 19.6 Å². The Balaban J connectivity index is 2.27. The van der Waals surface area contributed by atoms with Crippen molar-refractivity contribution in [2.45, 2.75) is 25.8 Å². The van der Waals surface area contributed by atoms with Gasteiger partial charge in [0.25, 0.3) is 0 Å². The Labute approximate surface area is 68.8 Å². The standard InChI is InChI=1S/C9H17NO/c1-3-4-6-10(2)9-5-7-11-8-9/h4,6,9H,3,5,7-8H2,1-2H3/b6-4-/t9-/m0/s1. The van der Waals surface area contributed by atoms with Crippen LogP contribution in [0.4, 0.5) is 0 Å². The number of rotatable bonds is 3. The summed E-state index contributed by atoms with van der Waals surface area (Å²) in [7, 11) is 2.12. The minimum absolute atomic E-state index is 0.609. The molecule has 1 heterocycles. The van der Waals surface area contributed by atoms with Crippen LogP contribution in [0, 0.1) is 0 Å². The van der Waals surface area contributed by atoms with Gasteiger partial charge in [0, 0.05) is 13.7 Å². The van der Waals surface area contributed by atoms with Gasteiger partial charge in [-0.2, -0.15) is 0 Å². The maximum Gasteiger partial charge on any atom is 0.0670 e. The second-order valence-electron chi connectivity index (χ2n) is 2.98. The maximum absolute atomic E-state index is 5.28. The molecule has 0 aromatic carbocycles. The molecule has 11 heavy (non-hydrogen) atoms. The average Bonchev–Trinajstić information content (AvgIpc) is 2.52. The molecule has 0 aromatic heterocycles. The van der Waals surface area contributed by atoms with E-state index < -0.39 is 0 Å². The fourth-order valence-electron chi connectivity index (χ4n) is 1.24. The SMILES string of the molecule is CC/C=C\N(C)[C@H]1CCOC1. The van der Waals surface area contributed by atoms with Crippen LogP contribution < -0.4 is 0 Å². The molecule has 1 fully saturated rings. The molecular formula is C9H17NO. The Morgan fingerprint density at radius 1 is 1.64 bits per heavy atom. The molecule has 0 saturated carbocycles. The number of allylic oxidation sites excluding steroid dienone is 1. The first-order chi connectivity index (χ1) is 5.34. The lowest BCUT2D eigenvalue weighted by atomic mass is 10.2. The third-order valence-corrected chi connectivity index (χ3v) is 2.06. The van der Waals surface area contributed by atoms with Gasteiger partial charge in [0.1, 0.15) is 0 Å². The van der Waals surface area contributed by atoms with Gasteiger partial charge in [0.15, 0.2) is 0 Å². The summed E-state index contributed by atoms with van der Waals surface area (Å²) in [6.07, 6.45) is 6.61. The topological polar surface area (TPSA) is 12.5 Å². The highest BCUT2D eigenvalue weighted by molar-refractivity contribution is 4.85. The minimum atomic E-state index is 0.609. The summed E-state index contributed by atoms with van der Waals surface area (Å²) >= 11 is 0. The zero-order valence-corrected chi connectivity index (χ0v) is 7.42. The first-order valence-electron chi connectivity index (χ1n) is 4.31. The van der Waals surface area contributed by atoms with E-state index in [-0.39, 0.29) is 0 Å². The molecule has 0 aromatic rings. The van der Waals surface area contributed by atoms with Gasteiger partial charge in [-0.3, -0.25) is 0 Å². The molecule has 1 saturated heterocycles. The number of ether oxygens (including phenoxy) is 1. The highest BCUT2D eigenvalue weighted by Crippen LogP contribution is 2.10. The summed E-state index contributed by atoms with van der Waals surface area (Å²) in [6, 6.07) is 0.609. The van der Waals surface area contributed by atoms with Crippen molar-refractivity contribution < 1.29 is 4.74 Å². The van der Waals surface area contributed by atoms with E-state index in [2.05, 4.69) is 31.1 Å². The Hall–Kier alpha value is -0.500. The van der Waals surface area contributed by atoms with Crippen molar-refractivity contribution in [3.63, 3.8) is 0 Å². The van der Waals surface area contributed by atoms with Crippen LogP contribution in [0.25, 0.3) is 0 Å². The molecule has 1 aliphatic rings. The Bertz CT molecular complexity index is 128. The highest BCUT2D eigenvalue weighted by Gasteiger charge is 2.17. The van der Waals surface area contributed by atoms with Gasteiger partial charge in [-0.05, 0) is 19.0 Å². The largest absolute Gasteiger partial charge is 0.379 e. The van der Waals surface area contributed by atoms with Crippen LogP contribution in [0.5, 0.6) is 0 Å². The smallest absolute Gasteiger partial charge is 0.0670 e. The lowest BCUT2D eigenvalue weighted by molar-refractivity contribution is 0.175. The predicted octanol–water partition coefficient (Wildman–Crippen LogP) is 1.63. The number of hydrogen-bond donors (Lipinski definition) is 0. The van der Waals surface area contributed by atoms with Crippen LogP contribution >= 0.6 is 0 Å². The van der Waals surface area contributed by atoms with Crippen molar-refractivity contribution in [1.82, 2.24) is 4.90 Å². The number of likely N-dealkylation sites (N-methyl/N-ethyl adjacent to an activating group) is 1. The first kappa shape index (κ1) is 8.60. The summed E-state index contributed by atoms with van der Waals surface area (Å²) < 4.78 is 5.28. The summed E-state index contributed by atoms with van der Waals surface area (Å²) in [5.74, 6) is 0. The fraction of sp³-hybridized carbons (Fsp3) is 0.778. The van der Waals surface area contributed by atoms with E-state index in [4.69, 9.17) is 4.74 Å². The summed E-state index contributed by atoms with van der Waals surface area (Å²) in [4.78, 5) is 2.25. The van der Waals surface area contributed by atoms with E-state index in [9.17, 15) is 0 Å². The molecule has 1 atom stereocenters. The summed E-state index contributed by atoms with van der Waals surface area (Å²) in [5.41, 5.74) is 0. The molecule has 0 aliphatic carbocycles. The molecule has 2 nitrogen and oxygen atoms in total. The van der Waals surface area contributed by atoms with Crippen LogP contribution in [0.1, 0.15) is 19.8 Å². The second kappa shape index (κ2) is 4.39. The quantitative estimate of drug-likeness (QED) is 0.614. The van der Waals surface area contributed by atoms with Crippen LogP contribution in [-0.4, -0.2) is 31.2 Å². The van der Waals surface area contributed by atoms with Crippen LogP contribution in [-0.2, 0) is 4.74 Å². The van der Waals surface area contributed by atoms with Crippen molar-refractivity contribution in [1.29, 1.82) is 0 Å². The van der Waals surface area contributed by atoms with E-state index in [0.29, 0.717) is 6.04 Å². The van der Waals surface area contributed by atoms with Gasteiger partial charge in [0.2, 0.25) is 0 Å². The van der Waals surface area contributed by atoms with Crippen LogP contribution in [0.2, 0.25) is 0 Å². The Kier molecular flexibility index (Phi) is 3.43. The average molecular weight is 155 g/mol. The number of nitrogens with zero attached hydrogens (tertiary/aromatic N) is 1. The molecule has 0 N–H and O–H groups in total. The van der Waals surface area contributed by atoms with Gasteiger partial charge < -0.3 is 9.64 Å². The van der Waals surface area contributed by atoms with Gasteiger partial charge in [-0.25, -0.2) is 0 Å². The normalized spacial score (nSPS) is 24.7. The molecular weight excluding hydrogens is 138 g/mol. The van der Waals surface area contributed by atoms with Crippen LogP contribution in [0.3, 0.4) is 0 Å². The Morgan fingerprint density at radius 3 is 3.00 bits per heavy atom. The number of hydrogen-bond acceptors (Lipinski definition) is 2. The van der Waals surface area contributed by atoms with Gasteiger partial charge in [0.05, 0.1) is 12.6 Å². The van der Waals surface area contributed by atoms with Crippen molar-refractivity contribution in [3.05, 3.63) is 12.3 Å². The third-order valence-electron chi connectivity index (χ3n) is 2.06. The van der Waals surface area contributed by atoms with Crippen molar-refractivity contribution in [2.24, 2.45) is 0 Å². The van der Waals surface area contributed by atoms with Crippen molar-refractivity contribution in [2.75, 3.05) is 20.3 Å². The molecule has 0 spiro atoms. The van der Waals surface area contributed by atoms with E-state index in [1.807, 2.05) is 0 Å². The third kappa shape index (κ3) is 2.54. The Morgan fingerprint density at radius 2 is 2.45 bits per heavy atom. The lowest BCUT2D eigenvalue weighted by Crippen LogP contribution is -2.26. The molecule has 1 rings (SSSR count). The van der Waals surface area contributed by atoms with Crippen molar-refractivity contribution in [3.8, 4) is 0 Å². The molecule has 0 unspecified atom stereocenters. The summed E-state index contributed by atoms with van der Waals surface area (Å²) in [5, 5.41) is 0. The molecule has 0 radical (unpaired) electrons. The van der Waals surface area contributed by atoms with E-state index in [1.54, 1.807) is 0 Å². The monoisotopic (exact) mass is 155 g/mol. The van der Waals surface area contributed by atoms with Gasteiger partial charge >= 0.3 is 0 Å². The van der Waals surface area contributed by atoms with E-state index >= 15 is 0 Å². The second-order valence-corrected chi connectivity index (χ2v) is 2.98. The maximum atomic E-state index is 5.28. The minimum Gasteiger partial charge on any atom is -0.379 e. The highest BCUT2D eigenvalue weighted by atomic mass is 16.5. The molecule has 0 amide bonds. The zero-order chi connectivity index (χ0) is 8.10.